The molecule has 0 aliphatic carbocycles. The van der Waals surface area contributed by atoms with Crippen molar-refractivity contribution in [3.05, 3.63) is 76.9 Å². The third-order valence-electron chi connectivity index (χ3n) is 6.70. The summed E-state index contributed by atoms with van der Waals surface area (Å²) in [4.78, 5) is 47.9. The molecular weight excluding hydrogens is 527 g/mol. The van der Waals surface area contributed by atoms with Crippen LogP contribution in [0, 0.1) is 6.92 Å². The number of carbonyl (C=O) groups is 4. The molecule has 0 aromatic heterocycles. The van der Waals surface area contributed by atoms with Crippen molar-refractivity contribution < 1.29 is 42.9 Å². The monoisotopic (exact) mass is 562 g/mol. The molecule has 1 fully saturated rings. The van der Waals surface area contributed by atoms with Crippen LogP contribution in [0.15, 0.2) is 49.0 Å². The number of allylic oxidation sites excluding steroid dienone is 1. The van der Waals surface area contributed by atoms with Gasteiger partial charge in [-0.15, -0.1) is 0 Å². The van der Waals surface area contributed by atoms with Crippen LogP contribution < -0.4 is 0 Å². The predicted molar refractivity (Wildman–Crippen MR) is 151 cm³/mol. The lowest BCUT2D eigenvalue weighted by atomic mass is 9.88. The molecule has 1 saturated heterocycles. The first-order chi connectivity index (χ1) is 19.4. The first-order valence-corrected chi connectivity index (χ1v) is 13.3. The fraction of sp³-hybridized carbons (Fsp3) is 0.419. The average Bonchev–Trinajstić information content (AvgIpc) is 2.90. The summed E-state index contributed by atoms with van der Waals surface area (Å²) in [5.74, 6) is -2.58. The molecule has 1 aliphatic rings. The second-order valence-corrected chi connectivity index (χ2v) is 9.99. The van der Waals surface area contributed by atoms with Gasteiger partial charge >= 0.3 is 23.9 Å². The molecular formula is C31H35BO9. The number of esters is 4. The molecule has 2 aromatic rings. The van der Waals surface area contributed by atoms with E-state index in [4.69, 9.17) is 31.5 Å². The third kappa shape index (κ3) is 8.53. The fourth-order valence-corrected chi connectivity index (χ4v) is 4.75. The molecule has 10 heteroatoms. The Balaban J connectivity index is 2.03. The number of rotatable bonds is 10. The van der Waals surface area contributed by atoms with Gasteiger partial charge in [0.15, 0.2) is 18.3 Å². The van der Waals surface area contributed by atoms with Crippen LogP contribution in [0.2, 0.25) is 6.32 Å². The number of carbonyl (C=O) groups excluding carboxylic acids is 4. The topological polar surface area (TPSA) is 114 Å². The molecule has 0 unspecified atom stereocenters. The van der Waals surface area contributed by atoms with Crippen molar-refractivity contribution in [2.75, 3.05) is 6.61 Å². The Labute approximate surface area is 241 Å². The van der Waals surface area contributed by atoms with Crippen LogP contribution >= 0.6 is 0 Å². The van der Waals surface area contributed by atoms with Crippen molar-refractivity contribution in [1.82, 2.24) is 0 Å². The Hall–Kier alpha value is -3.92. The summed E-state index contributed by atoms with van der Waals surface area (Å²) in [6.45, 7) is 10.5. The molecule has 41 heavy (non-hydrogen) atoms. The second kappa shape index (κ2) is 14.1. The minimum absolute atomic E-state index is 0.284. The van der Waals surface area contributed by atoms with Gasteiger partial charge in [0.1, 0.15) is 18.8 Å². The molecule has 3 rings (SSSR count). The predicted octanol–water partition coefficient (Wildman–Crippen LogP) is 3.98. The van der Waals surface area contributed by atoms with Crippen LogP contribution in [-0.2, 0) is 49.3 Å². The summed E-state index contributed by atoms with van der Waals surface area (Å²) in [5.41, 5.74) is 5.52. The Morgan fingerprint density at radius 1 is 0.829 bits per heavy atom. The summed E-state index contributed by atoms with van der Waals surface area (Å²) in [5, 5.41) is 0. The van der Waals surface area contributed by atoms with Gasteiger partial charge in [-0.3, -0.25) is 19.2 Å². The van der Waals surface area contributed by atoms with Gasteiger partial charge in [-0.25, -0.2) is 0 Å². The van der Waals surface area contributed by atoms with Crippen LogP contribution in [0.25, 0.3) is 5.57 Å². The second-order valence-electron chi connectivity index (χ2n) is 9.99. The highest BCUT2D eigenvalue weighted by Gasteiger charge is 2.52. The average molecular weight is 562 g/mol. The summed E-state index contributed by atoms with van der Waals surface area (Å²) >= 11 is 0. The van der Waals surface area contributed by atoms with E-state index in [1.165, 1.54) is 27.7 Å². The smallest absolute Gasteiger partial charge is 0.303 e. The molecule has 2 aromatic carbocycles. The van der Waals surface area contributed by atoms with Crippen LogP contribution in [-0.4, -0.2) is 62.7 Å². The van der Waals surface area contributed by atoms with Crippen molar-refractivity contribution in [2.45, 2.75) is 77.9 Å². The summed E-state index contributed by atoms with van der Waals surface area (Å²) in [6, 6.07) is 13.7. The maximum atomic E-state index is 12.2. The minimum Gasteiger partial charge on any atom is -0.463 e. The largest absolute Gasteiger partial charge is 0.463 e. The zero-order chi connectivity index (χ0) is 30.3. The van der Waals surface area contributed by atoms with E-state index in [1.807, 2.05) is 49.4 Å². The van der Waals surface area contributed by atoms with E-state index in [-0.39, 0.29) is 6.61 Å². The van der Waals surface area contributed by atoms with E-state index < -0.39 is 54.4 Å². The van der Waals surface area contributed by atoms with E-state index in [0.29, 0.717) is 18.3 Å². The highest BCUT2D eigenvalue weighted by atomic mass is 16.7. The fourth-order valence-electron chi connectivity index (χ4n) is 4.75. The van der Waals surface area contributed by atoms with Gasteiger partial charge < -0.3 is 23.7 Å². The van der Waals surface area contributed by atoms with Gasteiger partial charge in [0, 0.05) is 27.7 Å². The molecule has 1 aliphatic heterocycles. The maximum Gasteiger partial charge on any atom is 0.303 e. The van der Waals surface area contributed by atoms with E-state index >= 15 is 0 Å². The summed E-state index contributed by atoms with van der Waals surface area (Å²) < 4.78 is 28.2. The summed E-state index contributed by atoms with van der Waals surface area (Å²) in [6.07, 6.45) is -4.58. The normalized spacial score (nSPS) is 21.8. The number of hydrogen-bond donors (Lipinski definition) is 0. The Bertz CT molecular complexity index is 1290. The molecule has 0 bridgehead atoms. The standard InChI is InChI=1S/C31H35BO9/c1-17-7-10-25(14-26(17)13-23-8-11-24(12-9-23)18(2)15-32)28-30(39-21(5)35)31(40-22(6)36)29(38-20(4)34)27(41-28)16-37-19(3)33/h7-12,14,27-31H,2,13,15-16H2,1,3-6H3/t27-,28+,29-,30+,31+/m1/s1. The highest BCUT2D eigenvalue weighted by molar-refractivity contribution is 6.14. The van der Waals surface area contributed by atoms with Crippen LogP contribution in [0.4, 0.5) is 0 Å². The van der Waals surface area contributed by atoms with Crippen molar-refractivity contribution in [3.8, 4) is 0 Å². The molecule has 1 heterocycles. The molecule has 2 radical (unpaired) electrons. The quantitative estimate of drug-likeness (QED) is 0.241. The first kappa shape index (κ1) is 31.6. The lowest BCUT2D eigenvalue weighted by Crippen LogP contribution is -2.59. The van der Waals surface area contributed by atoms with Crippen LogP contribution in [0.5, 0.6) is 0 Å². The molecule has 216 valence electrons. The van der Waals surface area contributed by atoms with Crippen molar-refractivity contribution in [3.63, 3.8) is 0 Å². The summed E-state index contributed by atoms with van der Waals surface area (Å²) in [7, 11) is 5.71. The van der Waals surface area contributed by atoms with Gasteiger partial charge in [-0.2, -0.15) is 0 Å². The van der Waals surface area contributed by atoms with Crippen molar-refractivity contribution >= 4 is 37.3 Å². The minimum atomic E-state index is -1.23. The lowest BCUT2D eigenvalue weighted by molar-refractivity contribution is -0.254. The number of hydrogen-bond acceptors (Lipinski definition) is 9. The van der Waals surface area contributed by atoms with Gasteiger partial charge in [0.05, 0.1) is 7.85 Å². The maximum absolute atomic E-state index is 12.2. The Morgan fingerprint density at radius 3 is 1.98 bits per heavy atom. The molecule has 0 spiro atoms. The van der Waals surface area contributed by atoms with Crippen molar-refractivity contribution in [1.29, 1.82) is 0 Å². The van der Waals surface area contributed by atoms with Gasteiger partial charge in [-0.1, -0.05) is 60.9 Å². The van der Waals surface area contributed by atoms with Gasteiger partial charge in [-0.05, 0) is 41.2 Å². The lowest BCUT2D eigenvalue weighted by Gasteiger charge is -2.44. The number of aryl methyl sites for hydroxylation is 1. The molecule has 0 N–H and O–H groups in total. The third-order valence-corrected chi connectivity index (χ3v) is 6.70. The number of ether oxygens (including phenoxy) is 5. The Morgan fingerprint density at radius 2 is 1.41 bits per heavy atom. The number of benzene rings is 2. The molecule has 0 saturated carbocycles. The SMILES string of the molecule is [B]CC(=C)c1ccc(Cc2cc([C@@H]3O[C@H](COC(C)=O)[C@@H](OC(C)=O)[C@H](OC(C)=O)[C@H]3OC(C)=O)ccc2C)cc1. The molecule has 0 amide bonds. The van der Waals surface area contributed by atoms with E-state index in [9.17, 15) is 19.2 Å². The molecule has 5 atom stereocenters. The van der Waals surface area contributed by atoms with Gasteiger partial charge in [0.25, 0.3) is 0 Å². The van der Waals surface area contributed by atoms with E-state index in [0.717, 1.165) is 27.8 Å². The molecule has 9 nitrogen and oxygen atoms in total. The van der Waals surface area contributed by atoms with Crippen LogP contribution in [0.3, 0.4) is 0 Å². The van der Waals surface area contributed by atoms with Crippen molar-refractivity contribution in [2.24, 2.45) is 0 Å². The first-order valence-electron chi connectivity index (χ1n) is 13.3. The van der Waals surface area contributed by atoms with Gasteiger partial charge in [0.2, 0.25) is 0 Å². The Kier molecular flexibility index (Phi) is 10.9. The van der Waals surface area contributed by atoms with E-state index in [1.54, 1.807) is 0 Å². The zero-order valence-electron chi connectivity index (χ0n) is 24.0. The zero-order valence-corrected chi connectivity index (χ0v) is 24.0. The highest BCUT2D eigenvalue weighted by Crippen LogP contribution is 2.38. The van der Waals surface area contributed by atoms with Crippen LogP contribution in [0.1, 0.15) is 61.6 Å². The van der Waals surface area contributed by atoms with E-state index in [2.05, 4.69) is 6.58 Å².